The lowest BCUT2D eigenvalue weighted by Crippen LogP contribution is -2.52. The molecule has 34 heavy (non-hydrogen) atoms. The highest BCUT2D eigenvalue weighted by atomic mass is 14.8. The van der Waals surface area contributed by atoms with Crippen LogP contribution in [0.1, 0.15) is 116 Å². The van der Waals surface area contributed by atoms with Gasteiger partial charge < -0.3 is 4.98 Å². The zero-order valence-electron chi connectivity index (χ0n) is 22.6. The molecular weight excluding hydrogens is 410 g/mol. The van der Waals surface area contributed by atoms with Gasteiger partial charge in [-0.15, -0.1) is 0 Å². The molecule has 0 spiro atoms. The third-order valence-electron chi connectivity index (χ3n) is 12.2. The molecule has 6 rings (SSSR count). The first kappa shape index (κ1) is 23.2. The van der Waals surface area contributed by atoms with Gasteiger partial charge in [-0.25, -0.2) is 0 Å². The van der Waals surface area contributed by atoms with Gasteiger partial charge in [-0.1, -0.05) is 72.1 Å². The lowest BCUT2D eigenvalue weighted by Gasteiger charge is -2.60. The monoisotopic (exact) mass is 459 g/mol. The topological polar surface area (TPSA) is 15.8 Å². The molecule has 1 aromatic heterocycles. The highest BCUT2D eigenvalue weighted by Crippen LogP contribution is 2.69. The first-order valence-corrected chi connectivity index (χ1v) is 14.9. The highest BCUT2D eigenvalue weighted by Gasteiger charge is 2.60. The second-order valence-electron chi connectivity index (χ2n) is 14.1. The number of benzene rings is 1. The zero-order chi connectivity index (χ0) is 23.7. The maximum absolute atomic E-state index is 3.82. The Morgan fingerprint density at radius 2 is 1.68 bits per heavy atom. The molecule has 3 fully saturated rings. The molecule has 1 heterocycles. The fourth-order valence-electron chi connectivity index (χ4n) is 10.5. The van der Waals surface area contributed by atoms with Crippen molar-refractivity contribution in [3.8, 4) is 0 Å². The van der Waals surface area contributed by atoms with Crippen molar-refractivity contribution in [3.63, 3.8) is 0 Å². The molecule has 4 aliphatic rings. The molecule has 0 amide bonds. The Morgan fingerprint density at radius 1 is 0.882 bits per heavy atom. The fraction of sp³-hybridized carbons (Fsp3) is 0.758. The number of rotatable bonds is 5. The molecule has 0 aliphatic heterocycles. The van der Waals surface area contributed by atoms with E-state index in [9.17, 15) is 0 Å². The molecule has 186 valence electrons. The highest BCUT2D eigenvalue weighted by molar-refractivity contribution is 5.85. The number of aromatic nitrogens is 1. The normalized spacial score (nSPS) is 40.0. The maximum Gasteiger partial charge on any atom is 0.0459 e. The minimum atomic E-state index is 0.503. The molecule has 0 saturated heterocycles. The van der Waals surface area contributed by atoms with Gasteiger partial charge in [0.25, 0.3) is 0 Å². The van der Waals surface area contributed by atoms with E-state index < -0.39 is 0 Å². The van der Waals surface area contributed by atoms with E-state index in [0.29, 0.717) is 10.8 Å². The third-order valence-corrected chi connectivity index (χ3v) is 12.2. The van der Waals surface area contributed by atoms with E-state index >= 15 is 0 Å². The number of hydrogen-bond donors (Lipinski definition) is 1. The van der Waals surface area contributed by atoms with Gasteiger partial charge in [0.2, 0.25) is 0 Å². The van der Waals surface area contributed by atoms with Crippen LogP contribution in [0.15, 0.2) is 24.3 Å². The summed E-state index contributed by atoms with van der Waals surface area (Å²) in [5.41, 5.74) is 5.78. The molecule has 1 nitrogen and oxygen atoms in total. The van der Waals surface area contributed by atoms with Crippen LogP contribution in [0.5, 0.6) is 0 Å². The lowest BCUT2D eigenvalue weighted by atomic mass is 9.44. The SMILES string of the molecule is CC(C)CCCC(C)C1CCC2C3CCC4c5c([nH]c6ccccc56)CCC4(C)C3CCC12C. The Kier molecular flexibility index (Phi) is 5.74. The molecule has 1 N–H and O–H groups in total. The Labute approximate surface area is 208 Å². The molecule has 4 aliphatic carbocycles. The van der Waals surface area contributed by atoms with Crippen molar-refractivity contribution in [1.29, 1.82) is 0 Å². The molecule has 0 radical (unpaired) electrons. The van der Waals surface area contributed by atoms with Gasteiger partial charge in [0.15, 0.2) is 0 Å². The molecule has 2 aromatic rings. The largest absolute Gasteiger partial charge is 0.358 e. The Hall–Kier alpha value is -1.24. The summed E-state index contributed by atoms with van der Waals surface area (Å²) in [6, 6.07) is 9.14. The second-order valence-corrected chi connectivity index (χ2v) is 14.1. The van der Waals surface area contributed by atoms with Crippen molar-refractivity contribution in [2.75, 3.05) is 0 Å². The first-order chi connectivity index (χ1) is 16.3. The van der Waals surface area contributed by atoms with E-state index in [1.807, 2.05) is 0 Å². The van der Waals surface area contributed by atoms with Gasteiger partial charge in [0.1, 0.15) is 0 Å². The van der Waals surface area contributed by atoms with Crippen LogP contribution in [0.2, 0.25) is 0 Å². The van der Waals surface area contributed by atoms with E-state index in [1.165, 1.54) is 81.5 Å². The molecule has 8 unspecified atom stereocenters. The standard InChI is InChI=1S/C33H49N/c1-21(2)9-8-10-22(3)25-15-16-26-23-13-14-28-31-24-11-6-7-12-29(24)34-30(31)18-20-33(28,5)27(23)17-19-32(25,26)4/h6-7,11-12,21-23,25-28,34H,8-10,13-20H2,1-5H3. The summed E-state index contributed by atoms with van der Waals surface area (Å²) in [7, 11) is 0. The first-order valence-electron chi connectivity index (χ1n) is 14.9. The summed E-state index contributed by atoms with van der Waals surface area (Å²) in [4.78, 5) is 3.82. The van der Waals surface area contributed by atoms with Crippen molar-refractivity contribution in [2.45, 2.75) is 111 Å². The van der Waals surface area contributed by atoms with Crippen LogP contribution in [0.25, 0.3) is 10.9 Å². The van der Waals surface area contributed by atoms with Crippen molar-refractivity contribution in [3.05, 3.63) is 35.5 Å². The van der Waals surface area contributed by atoms with Crippen molar-refractivity contribution < 1.29 is 0 Å². The molecule has 3 saturated carbocycles. The van der Waals surface area contributed by atoms with E-state index in [-0.39, 0.29) is 0 Å². The molecule has 1 aromatic carbocycles. The summed E-state index contributed by atoms with van der Waals surface area (Å²) < 4.78 is 0. The van der Waals surface area contributed by atoms with Crippen LogP contribution < -0.4 is 0 Å². The average molecular weight is 460 g/mol. The Bertz CT molecular complexity index is 1030. The number of aryl methyl sites for hydroxylation is 1. The fourth-order valence-corrected chi connectivity index (χ4v) is 10.5. The smallest absolute Gasteiger partial charge is 0.0459 e. The van der Waals surface area contributed by atoms with Crippen molar-refractivity contribution in [1.82, 2.24) is 4.98 Å². The summed E-state index contributed by atoms with van der Waals surface area (Å²) in [5.74, 6) is 6.44. The van der Waals surface area contributed by atoms with Crippen LogP contribution in [0.3, 0.4) is 0 Å². The zero-order valence-corrected chi connectivity index (χ0v) is 22.6. The quantitative estimate of drug-likeness (QED) is 0.458. The Morgan fingerprint density at radius 3 is 2.50 bits per heavy atom. The van der Waals surface area contributed by atoms with Crippen LogP contribution in [-0.2, 0) is 6.42 Å². The van der Waals surface area contributed by atoms with Crippen LogP contribution in [0.4, 0.5) is 0 Å². The van der Waals surface area contributed by atoms with Gasteiger partial charge in [-0.2, -0.15) is 0 Å². The van der Waals surface area contributed by atoms with Crippen molar-refractivity contribution >= 4 is 10.9 Å². The molecule has 0 bridgehead atoms. The van der Waals surface area contributed by atoms with E-state index in [1.54, 1.807) is 11.3 Å². The number of hydrogen-bond acceptors (Lipinski definition) is 0. The summed E-state index contributed by atoms with van der Waals surface area (Å²) in [6.45, 7) is 12.9. The molecule has 8 atom stereocenters. The number of fused-ring (bicyclic) bond motifs is 9. The number of para-hydroxylation sites is 1. The number of H-pyrrole nitrogens is 1. The van der Waals surface area contributed by atoms with Gasteiger partial charge in [-0.05, 0) is 115 Å². The minimum absolute atomic E-state index is 0.503. The van der Waals surface area contributed by atoms with Gasteiger partial charge in [-0.3, -0.25) is 0 Å². The second kappa shape index (κ2) is 8.41. The summed E-state index contributed by atoms with van der Waals surface area (Å²) in [6.07, 6.45) is 15.9. The molecule has 1 heteroatoms. The van der Waals surface area contributed by atoms with E-state index in [0.717, 1.165) is 41.4 Å². The maximum atomic E-state index is 3.82. The van der Waals surface area contributed by atoms with Crippen LogP contribution in [0, 0.1) is 46.3 Å². The summed E-state index contributed by atoms with van der Waals surface area (Å²) in [5, 5.41) is 1.53. The number of aromatic amines is 1. The van der Waals surface area contributed by atoms with Crippen LogP contribution >= 0.6 is 0 Å². The predicted molar refractivity (Wildman–Crippen MR) is 145 cm³/mol. The van der Waals surface area contributed by atoms with Crippen molar-refractivity contribution in [2.24, 2.45) is 46.3 Å². The van der Waals surface area contributed by atoms with E-state index in [4.69, 9.17) is 0 Å². The predicted octanol–water partition coefficient (Wildman–Crippen LogP) is 9.52. The number of nitrogens with one attached hydrogen (secondary N) is 1. The van der Waals surface area contributed by atoms with Gasteiger partial charge in [0, 0.05) is 16.6 Å². The lowest BCUT2D eigenvalue weighted by molar-refractivity contribution is -0.0895. The van der Waals surface area contributed by atoms with Crippen LogP contribution in [-0.4, -0.2) is 4.98 Å². The van der Waals surface area contributed by atoms with Gasteiger partial charge >= 0.3 is 0 Å². The summed E-state index contributed by atoms with van der Waals surface area (Å²) >= 11 is 0. The van der Waals surface area contributed by atoms with Gasteiger partial charge in [0.05, 0.1) is 0 Å². The average Bonchev–Trinajstić information content (AvgIpc) is 3.36. The third kappa shape index (κ3) is 3.38. The Balaban J connectivity index is 1.24. The minimum Gasteiger partial charge on any atom is -0.358 e. The van der Waals surface area contributed by atoms with E-state index in [2.05, 4.69) is 63.9 Å². The molecular formula is C33H49N.